The SMILES string of the molecule is CCCn1cc(-c2ccc3c(c2)CC(C)N(CC(C)(C)F)C3c2c(F)cc(CCC(=O)O)cc2F)cn1. The molecule has 0 spiro atoms. The number of hydrogen-bond donors (Lipinski definition) is 1. The molecule has 0 radical (unpaired) electrons. The number of benzene rings is 2. The van der Waals surface area contributed by atoms with E-state index in [1.807, 2.05) is 47.1 Å². The quantitative estimate of drug-likeness (QED) is 0.363. The van der Waals surface area contributed by atoms with Crippen LogP contribution in [-0.2, 0) is 24.2 Å². The van der Waals surface area contributed by atoms with Crippen LogP contribution >= 0.6 is 0 Å². The van der Waals surface area contributed by atoms with Crippen LogP contribution in [0.25, 0.3) is 11.1 Å². The molecule has 8 heteroatoms. The summed E-state index contributed by atoms with van der Waals surface area (Å²) in [5, 5.41) is 13.4. The monoisotopic (exact) mass is 513 g/mol. The Hall–Kier alpha value is -3.13. The number of carbonyl (C=O) groups is 1. The second kappa shape index (κ2) is 10.7. The topological polar surface area (TPSA) is 58.4 Å². The molecule has 0 fully saturated rings. The first kappa shape index (κ1) is 26.9. The van der Waals surface area contributed by atoms with Crippen molar-refractivity contribution in [2.24, 2.45) is 0 Å². The molecule has 1 aliphatic rings. The van der Waals surface area contributed by atoms with Crippen molar-refractivity contribution in [3.8, 4) is 11.1 Å². The fourth-order valence-corrected chi connectivity index (χ4v) is 5.26. The van der Waals surface area contributed by atoms with E-state index in [0.717, 1.165) is 35.2 Å². The number of aliphatic carboxylic acids is 1. The highest BCUT2D eigenvalue weighted by Crippen LogP contribution is 2.42. The Bertz CT molecular complexity index is 1260. The van der Waals surface area contributed by atoms with Gasteiger partial charge in [-0.05, 0) is 74.4 Å². The highest BCUT2D eigenvalue weighted by molar-refractivity contribution is 5.67. The average molecular weight is 514 g/mol. The summed E-state index contributed by atoms with van der Waals surface area (Å²) >= 11 is 0. The van der Waals surface area contributed by atoms with Crippen LogP contribution in [0.2, 0.25) is 0 Å². The minimum atomic E-state index is -1.58. The summed E-state index contributed by atoms with van der Waals surface area (Å²) < 4.78 is 47.9. The molecular formula is C29H34F3N3O2. The Morgan fingerprint density at radius 2 is 1.86 bits per heavy atom. The second-order valence-corrected chi connectivity index (χ2v) is 10.6. The van der Waals surface area contributed by atoms with Gasteiger partial charge in [-0.2, -0.15) is 5.10 Å². The van der Waals surface area contributed by atoms with E-state index in [2.05, 4.69) is 12.0 Å². The number of alkyl halides is 1. The van der Waals surface area contributed by atoms with Crippen LogP contribution in [-0.4, -0.2) is 44.0 Å². The molecule has 5 nitrogen and oxygen atoms in total. The van der Waals surface area contributed by atoms with Gasteiger partial charge in [-0.3, -0.25) is 14.4 Å². The van der Waals surface area contributed by atoms with Crippen LogP contribution in [0.1, 0.15) is 68.8 Å². The van der Waals surface area contributed by atoms with E-state index >= 15 is 8.78 Å². The maximum Gasteiger partial charge on any atom is 0.303 e. The molecule has 0 saturated heterocycles. The van der Waals surface area contributed by atoms with Gasteiger partial charge in [0.2, 0.25) is 0 Å². The van der Waals surface area contributed by atoms with Crippen molar-refractivity contribution in [1.29, 1.82) is 0 Å². The summed E-state index contributed by atoms with van der Waals surface area (Å²) in [6.45, 7) is 7.78. The van der Waals surface area contributed by atoms with Gasteiger partial charge in [-0.15, -0.1) is 0 Å². The number of rotatable bonds is 9. The number of fused-ring (bicyclic) bond motifs is 1. The largest absolute Gasteiger partial charge is 0.481 e. The van der Waals surface area contributed by atoms with Crippen molar-refractivity contribution < 1.29 is 23.1 Å². The lowest BCUT2D eigenvalue weighted by molar-refractivity contribution is -0.136. The van der Waals surface area contributed by atoms with Gasteiger partial charge < -0.3 is 5.11 Å². The third-order valence-corrected chi connectivity index (χ3v) is 6.87. The third kappa shape index (κ3) is 6.06. The van der Waals surface area contributed by atoms with Crippen molar-refractivity contribution in [3.63, 3.8) is 0 Å². The fraction of sp³-hybridized carbons (Fsp3) is 0.448. The van der Waals surface area contributed by atoms with Gasteiger partial charge in [0.1, 0.15) is 17.3 Å². The summed E-state index contributed by atoms with van der Waals surface area (Å²) in [6, 6.07) is 7.26. The van der Waals surface area contributed by atoms with Crippen LogP contribution in [0.15, 0.2) is 42.7 Å². The van der Waals surface area contributed by atoms with Gasteiger partial charge in [0.15, 0.2) is 0 Å². The summed E-state index contributed by atoms with van der Waals surface area (Å²) in [6.07, 6.45) is 5.19. The molecule has 1 N–H and O–H groups in total. The van der Waals surface area contributed by atoms with Gasteiger partial charge >= 0.3 is 5.97 Å². The van der Waals surface area contributed by atoms with Crippen molar-refractivity contribution in [2.45, 2.75) is 77.7 Å². The van der Waals surface area contributed by atoms with Gasteiger partial charge in [-0.1, -0.05) is 25.1 Å². The molecule has 2 atom stereocenters. The molecule has 2 heterocycles. The first-order chi connectivity index (χ1) is 17.5. The zero-order chi connectivity index (χ0) is 26.9. The zero-order valence-electron chi connectivity index (χ0n) is 21.8. The molecule has 0 amide bonds. The molecule has 2 aromatic carbocycles. The maximum atomic E-state index is 15.5. The van der Waals surface area contributed by atoms with Gasteiger partial charge in [0.05, 0.1) is 12.2 Å². The van der Waals surface area contributed by atoms with Crippen molar-refractivity contribution >= 4 is 5.97 Å². The first-order valence-electron chi connectivity index (χ1n) is 12.8. The number of nitrogens with zero attached hydrogens (tertiary/aromatic N) is 3. The summed E-state index contributed by atoms with van der Waals surface area (Å²) in [5.74, 6) is -2.54. The Balaban J connectivity index is 1.80. The van der Waals surface area contributed by atoms with Gasteiger partial charge in [-0.25, -0.2) is 13.2 Å². The molecule has 37 heavy (non-hydrogen) atoms. The molecule has 0 saturated carbocycles. The number of aryl methyl sites for hydroxylation is 2. The molecule has 2 unspecified atom stereocenters. The molecule has 0 bridgehead atoms. The first-order valence-corrected chi connectivity index (χ1v) is 12.8. The predicted molar refractivity (Wildman–Crippen MR) is 137 cm³/mol. The third-order valence-electron chi connectivity index (χ3n) is 6.87. The molecule has 1 aromatic heterocycles. The van der Waals surface area contributed by atoms with Crippen LogP contribution in [0.3, 0.4) is 0 Å². The van der Waals surface area contributed by atoms with E-state index in [1.54, 1.807) is 0 Å². The lowest BCUT2D eigenvalue weighted by Gasteiger charge is -2.44. The van der Waals surface area contributed by atoms with Crippen LogP contribution in [0.5, 0.6) is 0 Å². The van der Waals surface area contributed by atoms with Crippen molar-refractivity contribution in [1.82, 2.24) is 14.7 Å². The molecule has 1 aliphatic heterocycles. The zero-order valence-corrected chi connectivity index (χ0v) is 21.8. The van der Waals surface area contributed by atoms with E-state index in [9.17, 15) is 9.18 Å². The van der Waals surface area contributed by atoms with E-state index in [1.165, 1.54) is 26.0 Å². The standard InChI is InChI=1S/C29H34F3N3O2/c1-5-10-34-16-22(15-33-34)20-7-8-23-21(14-20)11-18(2)35(17-29(3,4)32)28(23)27-24(30)12-19(13-25(27)31)6-9-26(36)37/h7-8,12-16,18,28H,5-6,9-11,17H2,1-4H3,(H,36,37). The average Bonchev–Trinajstić information content (AvgIpc) is 3.27. The number of hydrogen-bond acceptors (Lipinski definition) is 3. The van der Waals surface area contributed by atoms with E-state index in [4.69, 9.17) is 5.11 Å². The molecule has 198 valence electrons. The molecule has 3 aromatic rings. The normalized spacial score (nSPS) is 18.1. The van der Waals surface area contributed by atoms with Crippen LogP contribution < -0.4 is 0 Å². The maximum absolute atomic E-state index is 15.5. The Kier molecular flexibility index (Phi) is 7.78. The van der Waals surface area contributed by atoms with Crippen molar-refractivity contribution in [2.75, 3.05) is 6.54 Å². The van der Waals surface area contributed by atoms with Gasteiger partial charge in [0.25, 0.3) is 0 Å². The van der Waals surface area contributed by atoms with Crippen LogP contribution in [0, 0.1) is 11.6 Å². The summed E-state index contributed by atoms with van der Waals surface area (Å²) in [5.41, 5.74) is 2.19. The predicted octanol–water partition coefficient (Wildman–Crippen LogP) is 6.34. The number of halogens is 3. The Morgan fingerprint density at radius 3 is 2.49 bits per heavy atom. The Morgan fingerprint density at radius 1 is 1.16 bits per heavy atom. The molecule has 0 aliphatic carbocycles. The summed E-state index contributed by atoms with van der Waals surface area (Å²) in [4.78, 5) is 12.8. The minimum Gasteiger partial charge on any atom is -0.481 e. The van der Waals surface area contributed by atoms with E-state index in [-0.39, 0.29) is 36.6 Å². The fourth-order valence-electron chi connectivity index (χ4n) is 5.26. The van der Waals surface area contributed by atoms with Crippen molar-refractivity contribution in [3.05, 3.63) is 76.6 Å². The highest BCUT2D eigenvalue weighted by Gasteiger charge is 2.39. The van der Waals surface area contributed by atoms with Gasteiger partial charge in [0, 0.05) is 42.9 Å². The number of carboxylic acid groups (broad SMARTS) is 1. The lowest BCUT2D eigenvalue weighted by atomic mass is 9.82. The second-order valence-electron chi connectivity index (χ2n) is 10.6. The summed E-state index contributed by atoms with van der Waals surface area (Å²) in [7, 11) is 0. The highest BCUT2D eigenvalue weighted by atomic mass is 19.1. The molecule has 4 rings (SSSR count). The van der Waals surface area contributed by atoms with E-state index < -0.39 is 29.3 Å². The smallest absolute Gasteiger partial charge is 0.303 e. The number of carboxylic acids is 1. The molecular weight excluding hydrogens is 479 g/mol. The van der Waals surface area contributed by atoms with Crippen LogP contribution in [0.4, 0.5) is 13.2 Å². The Labute approximate surface area is 215 Å². The number of aromatic nitrogens is 2. The van der Waals surface area contributed by atoms with E-state index in [0.29, 0.717) is 6.42 Å². The minimum absolute atomic E-state index is 0.00343. The lowest BCUT2D eigenvalue weighted by Crippen LogP contribution is -2.48.